The average molecular weight is 324 g/mol. The van der Waals surface area contributed by atoms with Crippen LogP contribution in [0.25, 0.3) is 0 Å². The highest BCUT2D eigenvalue weighted by molar-refractivity contribution is 5.91. The van der Waals surface area contributed by atoms with Gasteiger partial charge < -0.3 is 19.5 Å². The molecule has 1 N–H and O–H groups in total. The number of ether oxygens (including phenoxy) is 1. The number of piperazine rings is 1. The number of aryl methyl sites for hydroxylation is 1. The van der Waals surface area contributed by atoms with Crippen LogP contribution in [-0.2, 0) is 14.3 Å². The fourth-order valence-corrected chi connectivity index (χ4v) is 2.49. The Morgan fingerprint density at radius 2 is 2.09 bits per heavy atom. The Hall–Kier alpha value is -1.93. The highest BCUT2D eigenvalue weighted by atomic mass is 16.5. The molecule has 1 saturated heterocycles. The molecular weight excluding hydrogens is 300 g/mol. The van der Waals surface area contributed by atoms with Crippen LogP contribution >= 0.6 is 0 Å². The fourth-order valence-electron chi connectivity index (χ4n) is 2.49. The van der Waals surface area contributed by atoms with Gasteiger partial charge in [0.15, 0.2) is 5.82 Å². The molecule has 1 aliphatic rings. The number of hydrogen-bond acceptors (Lipinski definition) is 6. The lowest BCUT2D eigenvalue weighted by atomic mass is 10.2. The lowest BCUT2D eigenvalue weighted by Gasteiger charge is -2.34. The van der Waals surface area contributed by atoms with Crippen molar-refractivity contribution in [1.82, 2.24) is 15.0 Å². The molecule has 0 unspecified atom stereocenters. The SMILES string of the molecule is COCCCC(=O)N1CCN(CC(=O)Nc2cc(C)on2)CC1. The van der Waals surface area contributed by atoms with Gasteiger partial charge in [0.2, 0.25) is 11.8 Å². The Kier molecular flexibility index (Phi) is 6.54. The number of methoxy groups -OCH3 is 1. The summed E-state index contributed by atoms with van der Waals surface area (Å²) >= 11 is 0. The Bertz CT molecular complexity index is 523. The highest BCUT2D eigenvalue weighted by Gasteiger charge is 2.22. The zero-order valence-corrected chi connectivity index (χ0v) is 13.7. The van der Waals surface area contributed by atoms with Crippen molar-refractivity contribution < 1.29 is 18.8 Å². The summed E-state index contributed by atoms with van der Waals surface area (Å²) in [5.74, 6) is 1.11. The zero-order chi connectivity index (χ0) is 16.7. The third kappa shape index (κ3) is 5.65. The van der Waals surface area contributed by atoms with E-state index in [4.69, 9.17) is 9.26 Å². The second-order valence-electron chi connectivity index (χ2n) is 5.62. The summed E-state index contributed by atoms with van der Waals surface area (Å²) in [7, 11) is 1.63. The van der Waals surface area contributed by atoms with Crippen molar-refractivity contribution in [2.75, 3.05) is 51.8 Å². The quantitative estimate of drug-likeness (QED) is 0.735. The van der Waals surface area contributed by atoms with Gasteiger partial charge in [-0.25, -0.2) is 0 Å². The second-order valence-corrected chi connectivity index (χ2v) is 5.62. The van der Waals surface area contributed by atoms with Crippen molar-refractivity contribution in [3.8, 4) is 0 Å². The van der Waals surface area contributed by atoms with Gasteiger partial charge >= 0.3 is 0 Å². The predicted molar refractivity (Wildman–Crippen MR) is 84.0 cm³/mol. The molecule has 0 spiro atoms. The molecule has 23 heavy (non-hydrogen) atoms. The van der Waals surface area contributed by atoms with Crippen LogP contribution < -0.4 is 5.32 Å². The molecule has 1 aromatic rings. The van der Waals surface area contributed by atoms with Gasteiger partial charge in [0.05, 0.1) is 6.54 Å². The Morgan fingerprint density at radius 1 is 1.35 bits per heavy atom. The lowest BCUT2D eigenvalue weighted by Crippen LogP contribution is -2.50. The van der Waals surface area contributed by atoms with Gasteiger partial charge in [-0.2, -0.15) is 0 Å². The normalized spacial score (nSPS) is 15.7. The van der Waals surface area contributed by atoms with Crippen molar-refractivity contribution in [3.05, 3.63) is 11.8 Å². The second kappa shape index (κ2) is 8.64. The van der Waals surface area contributed by atoms with Gasteiger partial charge in [0, 0.05) is 52.4 Å². The number of carbonyl (C=O) groups excluding carboxylic acids is 2. The van der Waals surface area contributed by atoms with E-state index in [1.807, 2.05) is 9.80 Å². The minimum absolute atomic E-state index is 0.127. The van der Waals surface area contributed by atoms with Crippen LogP contribution in [0.15, 0.2) is 10.6 Å². The first kappa shape index (κ1) is 17.4. The number of rotatable bonds is 7. The number of hydrogen-bond donors (Lipinski definition) is 1. The Labute approximate surface area is 135 Å². The molecule has 2 heterocycles. The monoisotopic (exact) mass is 324 g/mol. The summed E-state index contributed by atoms with van der Waals surface area (Å²) < 4.78 is 9.86. The first-order chi connectivity index (χ1) is 11.1. The van der Waals surface area contributed by atoms with E-state index in [0.717, 1.165) is 6.42 Å². The van der Waals surface area contributed by atoms with E-state index < -0.39 is 0 Å². The minimum Gasteiger partial charge on any atom is -0.385 e. The van der Waals surface area contributed by atoms with Gasteiger partial charge in [-0.1, -0.05) is 5.16 Å². The molecule has 2 rings (SSSR count). The fraction of sp³-hybridized carbons (Fsp3) is 0.667. The van der Waals surface area contributed by atoms with Crippen molar-refractivity contribution in [3.63, 3.8) is 0 Å². The molecule has 1 aromatic heterocycles. The van der Waals surface area contributed by atoms with Crippen molar-refractivity contribution in [2.24, 2.45) is 0 Å². The Morgan fingerprint density at radius 3 is 2.70 bits per heavy atom. The zero-order valence-electron chi connectivity index (χ0n) is 13.7. The van der Waals surface area contributed by atoms with E-state index in [2.05, 4.69) is 10.5 Å². The molecule has 0 atom stereocenters. The number of carbonyl (C=O) groups is 2. The van der Waals surface area contributed by atoms with Gasteiger partial charge in [-0.15, -0.1) is 0 Å². The van der Waals surface area contributed by atoms with Gasteiger partial charge in [0.25, 0.3) is 0 Å². The average Bonchev–Trinajstić information content (AvgIpc) is 2.93. The summed E-state index contributed by atoms with van der Waals surface area (Å²) in [6.07, 6.45) is 1.26. The van der Waals surface area contributed by atoms with E-state index >= 15 is 0 Å². The molecule has 8 heteroatoms. The molecule has 1 fully saturated rings. The van der Waals surface area contributed by atoms with Crippen LogP contribution in [0, 0.1) is 6.92 Å². The maximum absolute atomic E-state index is 12.0. The van der Waals surface area contributed by atoms with E-state index in [0.29, 0.717) is 50.8 Å². The highest BCUT2D eigenvalue weighted by Crippen LogP contribution is 2.08. The first-order valence-electron chi connectivity index (χ1n) is 7.80. The Balaban J connectivity index is 1.67. The molecule has 0 bridgehead atoms. The largest absolute Gasteiger partial charge is 0.385 e. The van der Waals surface area contributed by atoms with Crippen LogP contribution in [0.4, 0.5) is 5.82 Å². The standard InChI is InChI=1S/C15H24N4O4/c1-12-10-13(17-23-12)16-14(20)11-18-5-7-19(8-6-18)15(21)4-3-9-22-2/h10H,3-9,11H2,1-2H3,(H,16,17,20). The van der Waals surface area contributed by atoms with Crippen LogP contribution in [-0.4, -0.2) is 73.2 Å². The number of aromatic nitrogens is 1. The maximum Gasteiger partial charge on any atom is 0.239 e. The lowest BCUT2D eigenvalue weighted by molar-refractivity contribution is -0.133. The molecule has 0 saturated carbocycles. The molecular formula is C15H24N4O4. The topological polar surface area (TPSA) is 87.9 Å². The predicted octanol–water partition coefficient (Wildman–Crippen LogP) is 0.492. The third-order valence-electron chi connectivity index (χ3n) is 3.73. The van der Waals surface area contributed by atoms with Crippen LogP contribution in [0.1, 0.15) is 18.6 Å². The summed E-state index contributed by atoms with van der Waals surface area (Å²) in [5.41, 5.74) is 0. The molecule has 1 aliphatic heterocycles. The molecule has 0 radical (unpaired) electrons. The number of amides is 2. The minimum atomic E-state index is -0.127. The van der Waals surface area contributed by atoms with Crippen molar-refractivity contribution >= 4 is 17.6 Å². The van der Waals surface area contributed by atoms with Crippen molar-refractivity contribution in [1.29, 1.82) is 0 Å². The smallest absolute Gasteiger partial charge is 0.239 e. The van der Waals surface area contributed by atoms with E-state index in [1.165, 1.54) is 0 Å². The summed E-state index contributed by atoms with van der Waals surface area (Å²) in [6.45, 7) is 5.36. The molecule has 0 aliphatic carbocycles. The van der Waals surface area contributed by atoms with E-state index in [9.17, 15) is 9.59 Å². The summed E-state index contributed by atoms with van der Waals surface area (Å²) in [4.78, 5) is 27.8. The van der Waals surface area contributed by atoms with E-state index in [-0.39, 0.29) is 18.4 Å². The first-order valence-corrected chi connectivity index (χ1v) is 7.80. The third-order valence-corrected chi connectivity index (χ3v) is 3.73. The van der Waals surface area contributed by atoms with E-state index in [1.54, 1.807) is 20.1 Å². The van der Waals surface area contributed by atoms with Crippen LogP contribution in [0.3, 0.4) is 0 Å². The van der Waals surface area contributed by atoms with Gasteiger partial charge in [0.1, 0.15) is 5.76 Å². The van der Waals surface area contributed by atoms with Gasteiger partial charge in [-0.05, 0) is 13.3 Å². The number of anilines is 1. The van der Waals surface area contributed by atoms with Gasteiger partial charge in [-0.3, -0.25) is 14.5 Å². The molecule has 2 amide bonds. The molecule has 0 aromatic carbocycles. The molecule has 8 nitrogen and oxygen atoms in total. The summed E-state index contributed by atoms with van der Waals surface area (Å²) in [6, 6.07) is 1.68. The maximum atomic E-state index is 12.0. The number of nitrogens with zero attached hydrogens (tertiary/aromatic N) is 3. The molecule has 128 valence electrons. The summed E-state index contributed by atoms with van der Waals surface area (Å²) in [5, 5.41) is 6.43. The van der Waals surface area contributed by atoms with Crippen LogP contribution in [0.5, 0.6) is 0 Å². The number of nitrogens with one attached hydrogen (secondary N) is 1. The van der Waals surface area contributed by atoms with Crippen molar-refractivity contribution in [2.45, 2.75) is 19.8 Å². The van der Waals surface area contributed by atoms with Crippen LogP contribution in [0.2, 0.25) is 0 Å².